The van der Waals surface area contributed by atoms with Gasteiger partial charge in [0.1, 0.15) is 5.01 Å². The molecule has 1 heterocycles. The van der Waals surface area contributed by atoms with Crippen molar-refractivity contribution in [2.24, 2.45) is 16.7 Å². The maximum absolute atomic E-state index is 13.3. The van der Waals surface area contributed by atoms with Crippen molar-refractivity contribution in [3.05, 3.63) is 40.9 Å². The van der Waals surface area contributed by atoms with Crippen LogP contribution in [0.4, 0.5) is 0 Å². The van der Waals surface area contributed by atoms with E-state index >= 15 is 0 Å². The van der Waals surface area contributed by atoms with Gasteiger partial charge in [0, 0.05) is 41.3 Å². The number of carbonyl (C=O) groups is 1. The van der Waals surface area contributed by atoms with Crippen LogP contribution in [0.25, 0.3) is 10.6 Å². The summed E-state index contributed by atoms with van der Waals surface area (Å²) in [4.78, 5) is 21.5. The molecule has 2 aliphatic rings. The van der Waals surface area contributed by atoms with Gasteiger partial charge in [0.25, 0.3) is 0 Å². The highest BCUT2D eigenvalue weighted by Gasteiger charge is 2.59. The van der Waals surface area contributed by atoms with Crippen LogP contribution in [-0.2, 0) is 11.2 Å². The highest BCUT2D eigenvalue weighted by atomic mass is 32.1. The molecule has 1 amide bonds. The van der Waals surface area contributed by atoms with Gasteiger partial charge in [-0.15, -0.1) is 11.3 Å². The number of fused-ring (bicyclic) bond motifs is 2. The van der Waals surface area contributed by atoms with Crippen molar-refractivity contribution in [1.82, 2.24) is 9.88 Å². The lowest BCUT2D eigenvalue weighted by Gasteiger charge is -2.58. The first kappa shape index (κ1) is 23.4. The summed E-state index contributed by atoms with van der Waals surface area (Å²) in [5, 5.41) is 22.3. The zero-order chi connectivity index (χ0) is 23.1. The van der Waals surface area contributed by atoms with E-state index in [0.717, 1.165) is 29.1 Å². The van der Waals surface area contributed by atoms with Crippen molar-refractivity contribution in [3.63, 3.8) is 0 Å². The average Bonchev–Trinajstić information content (AvgIpc) is 3.23. The molecular weight excluding hydrogens is 420 g/mol. The summed E-state index contributed by atoms with van der Waals surface area (Å²) in [6, 6.07) is 10.2. The smallest absolute Gasteiger partial charge is 0.223 e. The Morgan fingerprint density at radius 1 is 1.22 bits per heavy atom. The number of thiazole rings is 1. The van der Waals surface area contributed by atoms with Crippen LogP contribution in [0.2, 0.25) is 0 Å². The second-order valence-electron chi connectivity index (χ2n) is 10.00. The fourth-order valence-corrected chi connectivity index (χ4v) is 7.40. The first-order valence-electron chi connectivity index (χ1n) is 11.9. The van der Waals surface area contributed by atoms with Gasteiger partial charge in [-0.05, 0) is 44.4 Å². The summed E-state index contributed by atoms with van der Waals surface area (Å²) >= 11 is 1.71. The second-order valence-corrected chi connectivity index (χ2v) is 11.1. The van der Waals surface area contributed by atoms with Crippen molar-refractivity contribution < 1.29 is 15.0 Å². The molecule has 32 heavy (non-hydrogen) atoms. The van der Waals surface area contributed by atoms with E-state index in [1.165, 1.54) is 4.88 Å². The number of nitrogens with zero attached hydrogens (tertiary/aromatic N) is 2. The van der Waals surface area contributed by atoms with Crippen LogP contribution in [0.15, 0.2) is 30.3 Å². The van der Waals surface area contributed by atoms with Crippen molar-refractivity contribution in [2.75, 3.05) is 19.7 Å². The van der Waals surface area contributed by atoms with Gasteiger partial charge >= 0.3 is 0 Å². The Morgan fingerprint density at radius 2 is 1.91 bits per heavy atom. The summed E-state index contributed by atoms with van der Waals surface area (Å²) in [5.41, 5.74) is 1.37. The van der Waals surface area contributed by atoms with Crippen LogP contribution >= 0.6 is 11.3 Å². The van der Waals surface area contributed by atoms with Crippen molar-refractivity contribution in [1.29, 1.82) is 0 Å². The van der Waals surface area contributed by atoms with Crippen molar-refractivity contribution in [2.45, 2.75) is 65.4 Å². The Bertz CT molecular complexity index is 957. The number of hydrogen-bond acceptors (Lipinski definition) is 5. The first-order valence-corrected chi connectivity index (χ1v) is 12.7. The molecule has 4 rings (SSSR count). The van der Waals surface area contributed by atoms with E-state index in [1.54, 1.807) is 11.3 Å². The molecular formula is C26H36N2O3S. The molecule has 2 aliphatic carbocycles. The molecule has 5 nitrogen and oxygen atoms in total. The van der Waals surface area contributed by atoms with Crippen LogP contribution in [0, 0.1) is 16.7 Å². The third-order valence-electron chi connectivity index (χ3n) is 8.41. The Hall–Kier alpha value is -1.76. The molecule has 0 radical (unpaired) electrons. The first-order chi connectivity index (χ1) is 15.3. The quantitative estimate of drug-likeness (QED) is 0.672. The van der Waals surface area contributed by atoms with E-state index in [0.29, 0.717) is 25.9 Å². The van der Waals surface area contributed by atoms with Gasteiger partial charge in [0.05, 0.1) is 18.4 Å². The molecule has 6 heteroatoms. The maximum atomic E-state index is 13.3. The Labute approximate surface area is 195 Å². The van der Waals surface area contributed by atoms with Gasteiger partial charge in [-0.1, -0.05) is 44.2 Å². The van der Waals surface area contributed by atoms with Crippen molar-refractivity contribution in [3.8, 4) is 10.6 Å². The fraction of sp³-hybridized carbons (Fsp3) is 0.615. The summed E-state index contributed by atoms with van der Waals surface area (Å²) in [7, 11) is 0. The van der Waals surface area contributed by atoms with E-state index in [4.69, 9.17) is 4.98 Å². The molecule has 1 fully saturated rings. The molecule has 0 bridgehead atoms. The number of hydrogen-bond donors (Lipinski definition) is 2. The molecule has 1 aromatic carbocycles. The Kier molecular flexibility index (Phi) is 6.49. The molecule has 0 aliphatic heterocycles. The topological polar surface area (TPSA) is 73.7 Å². The summed E-state index contributed by atoms with van der Waals surface area (Å²) in [6.45, 7) is 9.69. The van der Waals surface area contributed by atoms with Gasteiger partial charge in [0.2, 0.25) is 5.91 Å². The normalized spacial score (nSPS) is 31.6. The molecule has 0 spiro atoms. The number of rotatable bonds is 6. The molecule has 174 valence electrons. The van der Waals surface area contributed by atoms with Crippen LogP contribution < -0.4 is 0 Å². The third kappa shape index (κ3) is 3.70. The zero-order valence-electron chi connectivity index (χ0n) is 19.7. The van der Waals surface area contributed by atoms with E-state index in [2.05, 4.69) is 19.1 Å². The van der Waals surface area contributed by atoms with Gasteiger partial charge < -0.3 is 15.1 Å². The summed E-state index contributed by atoms with van der Waals surface area (Å²) in [5.74, 6) is 0.241. The van der Waals surface area contributed by atoms with Gasteiger partial charge in [0.15, 0.2) is 0 Å². The lowest BCUT2D eigenvalue weighted by Crippen LogP contribution is -2.57. The molecule has 1 saturated carbocycles. The SMILES string of the molecule is CCN(CC)C(=O)CC1c2nc(-c3ccccc3)sc2CC2C(C)(CO)C(O)CCC12C. The minimum Gasteiger partial charge on any atom is -0.396 e. The number of aliphatic hydroxyl groups is 2. The predicted molar refractivity (Wildman–Crippen MR) is 129 cm³/mol. The molecule has 2 aromatic rings. The third-order valence-corrected chi connectivity index (χ3v) is 9.55. The van der Waals surface area contributed by atoms with Crippen LogP contribution in [0.3, 0.4) is 0 Å². The fourth-order valence-electron chi connectivity index (χ4n) is 6.23. The largest absolute Gasteiger partial charge is 0.396 e. The van der Waals surface area contributed by atoms with E-state index in [-0.39, 0.29) is 29.8 Å². The summed E-state index contributed by atoms with van der Waals surface area (Å²) < 4.78 is 0. The number of amides is 1. The molecule has 5 unspecified atom stereocenters. The standard InChI is InChI=1S/C26H36N2O3S/c1-5-28(6-2)22(31)14-18-23-19(32-24(27-23)17-10-8-7-9-11-17)15-20-25(18,3)13-12-21(30)26(20,4)16-29/h7-11,18,20-21,29-30H,5-6,12-16H2,1-4H3. The lowest BCUT2D eigenvalue weighted by molar-refractivity contribution is -0.147. The van der Waals surface area contributed by atoms with Gasteiger partial charge in [-0.25, -0.2) is 4.98 Å². The average molecular weight is 457 g/mol. The number of benzene rings is 1. The van der Waals surface area contributed by atoms with Gasteiger partial charge in [-0.2, -0.15) is 0 Å². The van der Waals surface area contributed by atoms with E-state index in [1.807, 2.05) is 43.9 Å². The number of aromatic nitrogens is 1. The Morgan fingerprint density at radius 3 is 2.53 bits per heavy atom. The second kappa shape index (κ2) is 8.88. The molecule has 5 atom stereocenters. The maximum Gasteiger partial charge on any atom is 0.223 e. The highest BCUT2D eigenvalue weighted by molar-refractivity contribution is 7.15. The van der Waals surface area contributed by atoms with E-state index < -0.39 is 11.5 Å². The predicted octanol–water partition coefficient (Wildman–Crippen LogP) is 4.48. The van der Waals surface area contributed by atoms with E-state index in [9.17, 15) is 15.0 Å². The highest BCUT2D eigenvalue weighted by Crippen LogP contribution is 2.63. The minimum atomic E-state index is -0.585. The molecule has 0 saturated heterocycles. The van der Waals surface area contributed by atoms with Crippen LogP contribution in [0.1, 0.15) is 63.4 Å². The molecule has 2 N–H and O–H groups in total. The van der Waals surface area contributed by atoms with Crippen molar-refractivity contribution >= 4 is 17.2 Å². The Balaban J connectivity index is 1.82. The zero-order valence-corrected chi connectivity index (χ0v) is 20.5. The molecule has 1 aromatic heterocycles. The summed E-state index contributed by atoms with van der Waals surface area (Å²) in [6.07, 6.45) is 2.16. The lowest BCUT2D eigenvalue weighted by atomic mass is 9.47. The number of carbonyl (C=O) groups excluding carboxylic acids is 1. The van der Waals surface area contributed by atoms with Gasteiger partial charge in [-0.3, -0.25) is 4.79 Å². The number of aliphatic hydroxyl groups excluding tert-OH is 2. The van der Waals surface area contributed by atoms with Crippen LogP contribution in [-0.4, -0.2) is 51.8 Å². The minimum absolute atomic E-state index is 0.0172. The van der Waals surface area contributed by atoms with Crippen LogP contribution in [0.5, 0.6) is 0 Å². The monoisotopic (exact) mass is 456 g/mol.